The number of nitro groups is 1. The number of nitrogens with zero attached hydrogens (tertiary/aromatic N) is 6. The molecule has 200 valence electrons. The molecule has 3 heterocycles. The summed E-state index contributed by atoms with van der Waals surface area (Å²) >= 11 is 0. The molecule has 0 atom stereocenters. The predicted octanol–water partition coefficient (Wildman–Crippen LogP) is 5.28. The molecule has 9 heteroatoms. The minimum absolute atomic E-state index is 0.00580. The van der Waals surface area contributed by atoms with Crippen molar-refractivity contribution in [3.8, 4) is 0 Å². The van der Waals surface area contributed by atoms with Crippen molar-refractivity contribution in [3.05, 3.63) is 118 Å². The highest BCUT2D eigenvalue weighted by Gasteiger charge is 2.28. The van der Waals surface area contributed by atoms with Crippen LogP contribution in [0.4, 0.5) is 5.69 Å². The molecule has 0 bridgehead atoms. The monoisotopic (exact) mass is 524 g/mol. The highest BCUT2D eigenvalue weighted by atomic mass is 16.6. The molecule has 0 radical (unpaired) electrons. The molecule has 39 heavy (non-hydrogen) atoms. The Bertz CT molecular complexity index is 1460. The largest absolute Gasteiger partial charge is 0.339 e. The van der Waals surface area contributed by atoms with Crippen molar-refractivity contribution < 1.29 is 9.72 Å². The third-order valence-corrected chi connectivity index (χ3v) is 7.28. The molecule has 1 aliphatic rings. The number of hydrogen-bond donors (Lipinski definition) is 0. The summed E-state index contributed by atoms with van der Waals surface area (Å²) in [5.74, 6) is 2.25. The van der Waals surface area contributed by atoms with Gasteiger partial charge in [0.15, 0.2) is 0 Å². The zero-order valence-electron chi connectivity index (χ0n) is 22.0. The molecular weight excluding hydrogens is 492 g/mol. The molecule has 2 aromatic heterocycles. The van der Waals surface area contributed by atoms with Crippen LogP contribution in [-0.2, 0) is 17.9 Å². The number of likely N-dealkylation sites (tertiary alicyclic amines) is 1. The number of carbonyl (C=O) groups excluding carboxylic acids is 1. The van der Waals surface area contributed by atoms with Gasteiger partial charge < -0.3 is 14.0 Å². The van der Waals surface area contributed by atoms with Gasteiger partial charge in [-0.25, -0.2) is 9.97 Å². The van der Waals surface area contributed by atoms with Crippen LogP contribution in [0.1, 0.15) is 54.9 Å². The summed E-state index contributed by atoms with van der Waals surface area (Å²) < 4.78 is 4.34. The second-order valence-electron chi connectivity index (χ2n) is 9.81. The van der Waals surface area contributed by atoms with Crippen LogP contribution in [0.15, 0.2) is 85.0 Å². The minimum atomic E-state index is -0.421. The van der Waals surface area contributed by atoms with Gasteiger partial charge in [-0.05, 0) is 36.5 Å². The third-order valence-electron chi connectivity index (χ3n) is 7.28. The number of carbonyl (C=O) groups is 1. The van der Waals surface area contributed by atoms with E-state index in [1.807, 2.05) is 54.8 Å². The van der Waals surface area contributed by atoms with Crippen LogP contribution in [0.2, 0.25) is 0 Å². The summed E-state index contributed by atoms with van der Waals surface area (Å²) in [5, 5.41) is 11.1. The van der Waals surface area contributed by atoms with Gasteiger partial charge in [0.05, 0.1) is 11.5 Å². The number of imidazole rings is 2. The zero-order valence-corrected chi connectivity index (χ0v) is 22.0. The molecule has 0 unspecified atom stereocenters. The maximum atomic E-state index is 13.3. The number of non-ortho nitro benzene ring substituents is 1. The van der Waals surface area contributed by atoms with Crippen molar-refractivity contribution >= 4 is 17.7 Å². The molecule has 0 saturated carbocycles. The number of nitro benzene ring substituents is 1. The summed E-state index contributed by atoms with van der Waals surface area (Å²) in [5.41, 5.74) is 2.56. The van der Waals surface area contributed by atoms with Crippen LogP contribution in [0.5, 0.6) is 0 Å². The molecule has 5 rings (SSSR count). The van der Waals surface area contributed by atoms with Gasteiger partial charge in [0, 0.05) is 68.0 Å². The zero-order chi connectivity index (χ0) is 27.2. The number of benzene rings is 2. The van der Waals surface area contributed by atoms with Gasteiger partial charge >= 0.3 is 0 Å². The van der Waals surface area contributed by atoms with E-state index in [4.69, 9.17) is 0 Å². The van der Waals surface area contributed by atoms with Gasteiger partial charge in [-0.1, -0.05) is 49.4 Å². The average Bonchev–Trinajstić information content (AvgIpc) is 3.62. The summed E-state index contributed by atoms with van der Waals surface area (Å²) in [7, 11) is 0. The summed E-state index contributed by atoms with van der Waals surface area (Å²) in [6.07, 6.45) is 11.7. The molecule has 0 spiro atoms. The Morgan fingerprint density at radius 1 is 1.00 bits per heavy atom. The standard InChI is InChI=1S/C30H32N6O3/c1-2-25(19-24-9-6-10-27(20-24)36(38)39)30(37)33-15-11-26(12-16-33)29-32-14-18-35(29)22-28-31-13-17-34(28)21-23-7-4-3-5-8-23/h3-10,13-14,17-20,26H,2,11-12,15-16,21-22H2,1H3. The van der Waals surface area contributed by atoms with Gasteiger partial charge in [-0.3, -0.25) is 14.9 Å². The van der Waals surface area contributed by atoms with Crippen LogP contribution < -0.4 is 0 Å². The fourth-order valence-electron chi connectivity index (χ4n) is 5.17. The van der Waals surface area contributed by atoms with Crippen molar-refractivity contribution in [2.45, 2.75) is 45.2 Å². The fourth-order valence-corrected chi connectivity index (χ4v) is 5.17. The van der Waals surface area contributed by atoms with Crippen molar-refractivity contribution in [3.63, 3.8) is 0 Å². The van der Waals surface area contributed by atoms with E-state index in [9.17, 15) is 14.9 Å². The van der Waals surface area contributed by atoms with Crippen molar-refractivity contribution in [2.24, 2.45) is 0 Å². The number of piperidine rings is 1. The predicted molar refractivity (Wildman–Crippen MR) is 149 cm³/mol. The lowest BCUT2D eigenvalue weighted by atomic mass is 9.95. The Balaban J connectivity index is 1.23. The lowest BCUT2D eigenvalue weighted by molar-refractivity contribution is -0.384. The summed E-state index contributed by atoms with van der Waals surface area (Å²) in [4.78, 5) is 35.2. The second-order valence-corrected chi connectivity index (χ2v) is 9.81. The highest BCUT2D eigenvalue weighted by Crippen LogP contribution is 2.29. The summed E-state index contributed by atoms with van der Waals surface area (Å²) in [6.45, 7) is 4.63. The first kappa shape index (κ1) is 26.1. The number of rotatable bonds is 9. The Kier molecular flexibility index (Phi) is 7.96. The van der Waals surface area contributed by atoms with Gasteiger partial charge in [0.25, 0.3) is 5.69 Å². The van der Waals surface area contributed by atoms with E-state index >= 15 is 0 Å². The molecular formula is C30H32N6O3. The highest BCUT2D eigenvalue weighted by molar-refractivity contribution is 5.97. The van der Waals surface area contributed by atoms with Crippen LogP contribution in [0.3, 0.4) is 0 Å². The first-order valence-corrected chi connectivity index (χ1v) is 13.3. The molecule has 0 aliphatic carbocycles. The Labute approximate surface area is 227 Å². The number of aromatic nitrogens is 4. The normalized spacial score (nSPS) is 14.5. The van der Waals surface area contributed by atoms with Gasteiger partial charge in [-0.15, -0.1) is 0 Å². The first-order chi connectivity index (χ1) is 19.0. The SMILES string of the molecule is CCC(=Cc1cccc([N+](=O)[O-])c1)C(=O)N1CCC(c2nccn2Cc2nccn2Cc2ccccc2)CC1. The molecule has 9 nitrogen and oxygen atoms in total. The van der Waals surface area contributed by atoms with E-state index in [1.165, 1.54) is 17.7 Å². The number of amides is 1. The Hall–Kier alpha value is -4.53. The Morgan fingerprint density at radius 2 is 1.74 bits per heavy atom. The molecule has 2 aromatic carbocycles. The molecule has 1 saturated heterocycles. The minimum Gasteiger partial charge on any atom is -0.339 e. The van der Waals surface area contributed by atoms with E-state index in [2.05, 4.69) is 31.2 Å². The smallest absolute Gasteiger partial charge is 0.270 e. The molecule has 0 N–H and O–H groups in total. The quantitative estimate of drug-likeness (QED) is 0.168. The topological polar surface area (TPSA) is 99.1 Å². The number of hydrogen-bond acceptors (Lipinski definition) is 5. The molecule has 1 fully saturated rings. The van der Waals surface area contributed by atoms with E-state index < -0.39 is 4.92 Å². The van der Waals surface area contributed by atoms with Gasteiger partial charge in [-0.2, -0.15) is 0 Å². The fraction of sp³-hybridized carbons (Fsp3) is 0.300. The van der Waals surface area contributed by atoms with Gasteiger partial charge in [0.1, 0.15) is 11.6 Å². The van der Waals surface area contributed by atoms with Crippen LogP contribution in [-0.4, -0.2) is 47.9 Å². The maximum Gasteiger partial charge on any atom is 0.270 e. The van der Waals surface area contributed by atoms with Crippen molar-refractivity contribution in [1.82, 2.24) is 24.0 Å². The van der Waals surface area contributed by atoms with Crippen LogP contribution in [0.25, 0.3) is 6.08 Å². The van der Waals surface area contributed by atoms with Crippen LogP contribution in [0, 0.1) is 10.1 Å². The van der Waals surface area contributed by atoms with Gasteiger partial charge in [0.2, 0.25) is 5.91 Å². The molecule has 1 amide bonds. The van der Waals surface area contributed by atoms with Crippen molar-refractivity contribution in [1.29, 1.82) is 0 Å². The van der Waals surface area contributed by atoms with E-state index in [-0.39, 0.29) is 17.5 Å². The van der Waals surface area contributed by atoms with E-state index in [0.717, 1.165) is 31.0 Å². The summed E-state index contributed by atoms with van der Waals surface area (Å²) in [6, 6.07) is 16.7. The second kappa shape index (κ2) is 11.9. The van der Waals surface area contributed by atoms with Crippen LogP contribution >= 0.6 is 0 Å². The van der Waals surface area contributed by atoms with Crippen molar-refractivity contribution in [2.75, 3.05) is 13.1 Å². The lowest BCUT2D eigenvalue weighted by Crippen LogP contribution is -2.39. The molecule has 1 aliphatic heterocycles. The Morgan fingerprint density at radius 3 is 2.49 bits per heavy atom. The van der Waals surface area contributed by atoms with E-state index in [1.54, 1.807) is 18.2 Å². The lowest BCUT2D eigenvalue weighted by Gasteiger charge is -2.32. The third kappa shape index (κ3) is 6.14. The maximum absolute atomic E-state index is 13.3. The average molecular weight is 525 g/mol. The molecule has 4 aromatic rings. The van der Waals surface area contributed by atoms with E-state index in [0.29, 0.717) is 37.2 Å². The first-order valence-electron chi connectivity index (χ1n) is 13.3.